The topological polar surface area (TPSA) is 55.2 Å². The Bertz CT molecular complexity index is 221. The first kappa shape index (κ1) is 10.4. The minimum absolute atomic E-state index is 0.0792. The Kier molecular flexibility index (Phi) is 5.47. The van der Waals surface area contributed by atoms with Crippen LogP contribution in [0.5, 0.6) is 0 Å². The van der Waals surface area contributed by atoms with Gasteiger partial charge in [-0.2, -0.15) is 0 Å². The van der Waals surface area contributed by atoms with Crippen molar-refractivity contribution < 1.29 is 9.84 Å². The van der Waals surface area contributed by atoms with Crippen LogP contribution in [0.2, 0.25) is 0 Å². The monoisotopic (exact) mass is 200 g/mol. The van der Waals surface area contributed by atoms with Gasteiger partial charge in [-0.3, -0.25) is 4.98 Å². The molecule has 5 heteroatoms. The molecule has 1 heterocycles. The van der Waals surface area contributed by atoms with Gasteiger partial charge in [-0.25, -0.2) is 4.98 Å². The molecule has 0 spiro atoms. The average Bonchev–Trinajstić information content (AvgIpc) is 2.19. The first-order valence-corrected chi connectivity index (χ1v) is 4.99. The molecule has 0 aromatic carbocycles. The molecule has 13 heavy (non-hydrogen) atoms. The third-order valence-electron chi connectivity index (χ3n) is 1.25. The standard InChI is InChI=1S/C8H12N2O2S/c11-3-4-12-5-6-13-8-7-9-1-2-10-8/h1-2,7,11H,3-6H2. The fraction of sp³-hybridized carbons (Fsp3) is 0.500. The first-order chi connectivity index (χ1) is 6.43. The number of rotatable bonds is 6. The molecule has 0 aliphatic rings. The smallest absolute Gasteiger partial charge is 0.114 e. The largest absolute Gasteiger partial charge is 0.394 e. The third kappa shape index (κ3) is 4.82. The fourth-order valence-corrected chi connectivity index (χ4v) is 1.41. The quantitative estimate of drug-likeness (QED) is 0.537. The maximum atomic E-state index is 8.43. The second-order valence-corrected chi connectivity index (χ2v) is 3.34. The molecule has 0 unspecified atom stereocenters. The maximum Gasteiger partial charge on any atom is 0.114 e. The van der Waals surface area contributed by atoms with Crippen LogP contribution < -0.4 is 0 Å². The van der Waals surface area contributed by atoms with Crippen molar-refractivity contribution in [2.24, 2.45) is 0 Å². The predicted octanol–water partition coefficient (Wildman–Crippen LogP) is 0.578. The Morgan fingerprint density at radius 1 is 1.38 bits per heavy atom. The highest BCUT2D eigenvalue weighted by Crippen LogP contribution is 2.11. The molecule has 1 aromatic rings. The Labute approximate surface area is 81.4 Å². The van der Waals surface area contributed by atoms with Gasteiger partial charge < -0.3 is 9.84 Å². The number of aromatic nitrogens is 2. The van der Waals surface area contributed by atoms with Gasteiger partial charge in [0.05, 0.1) is 26.0 Å². The Hall–Kier alpha value is -0.650. The van der Waals surface area contributed by atoms with Crippen LogP contribution in [-0.4, -0.2) is 40.6 Å². The van der Waals surface area contributed by atoms with Crippen LogP contribution in [0.15, 0.2) is 23.6 Å². The second-order valence-electron chi connectivity index (χ2n) is 2.23. The Morgan fingerprint density at radius 2 is 2.31 bits per heavy atom. The molecule has 72 valence electrons. The first-order valence-electron chi connectivity index (χ1n) is 4.01. The van der Waals surface area contributed by atoms with E-state index in [1.54, 1.807) is 30.4 Å². The lowest BCUT2D eigenvalue weighted by atomic mass is 10.7. The predicted molar refractivity (Wildman–Crippen MR) is 50.7 cm³/mol. The summed E-state index contributed by atoms with van der Waals surface area (Å²) >= 11 is 1.59. The summed E-state index contributed by atoms with van der Waals surface area (Å²) < 4.78 is 5.09. The van der Waals surface area contributed by atoms with Crippen molar-refractivity contribution in [1.82, 2.24) is 9.97 Å². The summed E-state index contributed by atoms with van der Waals surface area (Å²) in [6.07, 6.45) is 5.03. The van der Waals surface area contributed by atoms with Crippen molar-refractivity contribution in [2.75, 3.05) is 25.6 Å². The molecule has 4 nitrogen and oxygen atoms in total. The van der Waals surface area contributed by atoms with Gasteiger partial charge in [-0.05, 0) is 0 Å². The van der Waals surface area contributed by atoms with E-state index in [4.69, 9.17) is 9.84 Å². The molecule has 0 bridgehead atoms. The summed E-state index contributed by atoms with van der Waals surface area (Å²) in [5.74, 6) is 0.832. The number of nitrogens with zero attached hydrogens (tertiary/aromatic N) is 2. The minimum Gasteiger partial charge on any atom is -0.394 e. The lowest BCUT2D eigenvalue weighted by Gasteiger charge is -2.00. The maximum absolute atomic E-state index is 8.43. The van der Waals surface area contributed by atoms with E-state index in [1.807, 2.05) is 0 Å². The van der Waals surface area contributed by atoms with Crippen LogP contribution in [0.4, 0.5) is 0 Å². The van der Waals surface area contributed by atoms with Gasteiger partial charge in [-0.15, -0.1) is 11.8 Å². The molecule has 1 N–H and O–H groups in total. The van der Waals surface area contributed by atoms with Crippen molar-refractivity contribution in [3.63, 3.8) is 0 Å². The van der Waals surface area contributed by atoms with Gasteiger partial charge in [0.2, 0.25) is 0 Å². The number of aliphatic hydroxyl groups excluding tert-OH is 1. The molecule has 0 aliphatic carbocycles. The van der Waals surface area contributed by atoms with Crippen LogP contribution in [0.1, 0.15) is 0 Å². The van der Waals surface area contributed by atoms with Gasteiger partial charge in [0.15, 0.2) is 0 Å². The molecule has 0 saturated heterocycles. The summed E-state index contributed by atoms with van der Waals surface area (Å²) in [4.78, 5) is 8.03. The molecule has 1 aromatic heterocycles. The summed E-state index contributed by atoms with van der Waals surface area (Å²) in [7, 11) is 0. The zero-order chi connectivity index (χ0) is 9.36. The normalized spacial score (nSPS) is 10.2. The number of ether oxygens (including phenoxy) is 1. The van der Waals surface area contributed by atoms with Crippen LogP contribution in [0.3, 0.4) is 0 Å². The summed E-state index contributed by atoms with van der Waals surface area (Å²) in [5, 5.41) is 9.33. The van der Waals surface area contributed by atoms with Gasteiger partial charge in [0.25, 0.3) is 0 Å². The lowest BCUT2D eigenvalue weighted by Crippen LogP contribution is -2.02. The average molecular weight is 200 g/mol. The van der Waals surface area contributed by atoms with Crippen LogP contribution in [0.25, 0.3) is 0 Å². The van der Waals surface area contributed by atoms with Crippen molar-refractivity contribution in [1.29, 1.82) is 0 Å². The van der Waals surface area contributed by atoms with E-state index >= 15 is 0 Å². The van der Waals surface area contributed by atoms with E-state index in [1.165, 1.54) is 0 Å². The molecule has 0 atom stereocenters. The van der Waals surface area contributed by atoms with Crippen molar-refractivity contribution in [2.45, 2.75) is 5.03 Å². The van der Waals surface area contributed by atoms with E-state index in [0.717, 1.165) is 10.8 Å². The molecule has 0 aliphatic heterocycles. The Balaban J connectivity index is 2.07. The summed E-state index contributed by atoms with van der Waals surface area (Å²) in [5.41, 5.74) is 0. The number of hydrogen-bond donors (Lipinski definition) is 1. The van der Waals surface area contributed by atoms with Gasteiger partial charge >= 0.3 is 0 Å². The lowest BCUT2D eigenvalue weighted by molar-refractivity contribution is 0.103. The number of hydrogen-bond acceptors (Lipinski definition) is 5. The van der Waals surface area contributed by atoms with Gasteiger partial charge in [0.1, 0.15) is 5.03 Å². The SMILES string of the molecule is OCCOCCSc1cnccn1. The number of thioether (sulfide) groups is 1. The highest BCUT2D eigenvalue weighted by Gasteiger charge is 1.93. The molecule has 0 fully saturated rings. The van der Waals surface area contributed by atoms with E-state index in [9.17, 15) is 0 Å². The minimum atomic E-state index is 0.0792. The molecular weight excluding hydrogens is 188 g/mol. The zero-order valence-electron chi connectivity index (χ0n) is 7.22. The van der Waals surface area contributed by atoms with Crippen molar-refractivity contribution >= 4 is 11.8 Å². The van der Waals surface area contributed by atoms with Crippen molar-refractivity contribution in [3.8, 4) is 0 Å². The highest BCUT2D eigenvalue weighted by atomic mass is 32.2. The van der Waals surface area contributed by atoms with Crippen LogP contribution in [0, 0.1) is 0 Å². The molecular formula is C8H12N2O2S. The second kappa shape index (κ2) is 6.82. The highest BCUT2D eigenvalue weighted by molar-refractivity contribution is 7.99. The van der Waals surface area contributed by atoms with Crippen LogP contribution >= 0.6 is 11.8 Å². The van der Waals surface area contributed by atoms with E-state index in [0.29, 0.717) is 13.2 Å². The summed E-state index contributed by atoms with van der Waals surface area (Å²) in [6, 6.07) is 0. The summed E-state index contributed by atoms with van der Waals surface area (Å²) in [6.45, 7) is 1.11. The van der Waals surface area contributed by atoms with Crippen molar-refractivity contribution in [3.05, 3.63) is 18.6 Å². The molecule has 0 amide bonds. The zero-order valence-corrected chi connectivity index (χ0v) is 8.04. The molecule has 1 rings (SSSR count). The van der Waals surface area contributed by atoms with Gasteiger partial charge in [0, 0.05) is 18.1 Å². The van der Waals surface area contributed by atoms with E-state index in [-0.39, 0.29) is 6.61 Å². The number of aliphatic hydroxyl groups is 1. The van der Waals surface area contributed by atoms with Gasteiger partial charge in [-0.1, -0.05) is 0 Å². The third-order valence-corrected chi connectivity index (χ3v) is 2.13. The fourth-order valence-electron chi connectivity index (χ4n) is 0.732. The molecule has 0 saturated carbocycles. The van der Waals surface area contributed by atoms with E-state index in [2.05, 4.69) is 9.97 Å². The van der Waals surface area contributed by atoms with Crippen LogP contribution in [-0.2, 0) is 4.74 Å². The van der Waals surface area contributed by atoms with E-state index < -0.39 is 0 Å². The molecule has 0 radical (unpaired) electrons. The Morgan fingerprint density at radius 3 is 3.00 bits per heavy atom.